The van der Waals surface area contributed by atoms with E-state index in [2.05, 4.69) is 5.32 Å². The number of rotatable bonds is 12. The van der Waals surface area contributed by atoms with Crippen LogP contribution in [-0.2, 0) is 26.2 Å². The fraction of sp³-hybridized carbons (Fsp3) is 0.286. The molecule has 3 aromatic rings. The van der Waals surface area contributed by atoms with Crippen molar-refractivity contribution in [2.24, 2.45) is 0 Å². The maximum Gasteiger partial charge on any atom is 0.264 e. The standard InChI is InChI=1S/C28H30Cl3N3O4S/c1-3-16-32-28(36)26(4-2)33(18-20-10-11-22(30)17-25(20)31)27(35)19-34(23-14-12-21(29)13-15-23)39(37,38)24-8-6-5-7-9-24/h5-15,17,26H,3-4,16,18-19H2,1-2H3,(H,32,36)/t26-/m0/s1. The maximum absolute atomic E-state index is 14.0. The average Bonchev–Trinajstić information content (AvgIpc) is 2.92. The first-order valence-electron chi connectivity index (χ1n) is 12.4. The molecule has 3 aromatic carbocycles. The van der Waals surface area contributed by atoms with Crippen molar-refractivity contribution >= 4 is 62.3 Å². The fourth-order valence-electron chi connectivity index (χ4n) is 3.97. The van der Waals surface area contributed by atoms with Gasteiger partial charge in [-0.15, -0.1) is 0 Å². The largest absolute Gasteiger partial charge is 0.354 e. The highest BCUT2D eigenvalue weighted by Gasteiger charge is 2.33. The highest BCUT2D eigenvalue weighted by molar-refractivity contribution is 7.92. The van der Waals surface area contributed by atoms with Gasteiger partial charge < -0.3 is 10.2 Å². The van der Waals surface area contributed by atoms with Crippen molar-refractivity contribution in [1.29, 1.82) is 0 Å². The number of hydrogen-bond acceptors (Lipinski definition) is 4. The fourth-order valence-corrected chi connectivity index (χ4v) is 6.00. The predicted molar refractivity (Wildman–Crippen MR) is 157 cm³/mol. The minimum absolute atomic E-state index is 0.0211. The van der Waals surface area contributed by atoms with E-state index in [1.165, 1.54) is 29.2 Å². The second kappa shape index (κ2) is 14.0. The van der Waals surface area contributed by atoms with Gasteiger partial charge in [0, 0.05) is 28.2 Å². The zero-order valence-electron chi connectivity index (χ0n) is 21.6. The van der Waals surface area contributed by atoms with Gasteiger partial charge in [-0.05, 0) is 66.9 Å². The van der Waals surface area contributed by atoms with E-state index in [0.717, 1.165) is 10.7 Å². The monoisotopic (exact) mass is 609 g/mol. The normalized spacial score (nSPS) is 12.0. The van der Waals surface area contributed by atoms with Crippen LogP contribution in [0.5, 0.6) is 0 Å². The Labute approximate surface area is 244 Å². The average molecular weight is 611 g/mol. The Balaban J connectivity index is 2.05. The number of carbonyl (C=O) groups excluding carboxylic acids is 2. The minimum Gasteiger partial charge on any atom is -0.354 e. The predicted octanol–water partition coefficient (Wildman–Crippen LogP) is 6.18. The summed E-state index contributed by atoms with van der Waals surface area (Å²) >= 11 is 18.5. The first-order valence-corrected chi connectivity index (χ1v) is 15.0. The topological polar surface area (TPSA) is 86.8 Å². The third-order valence-electron chi connectivity index (χ3n) is 6.02. The number of nitrogens with one attached hydrogen (secondary N) is 1. The molecular formula is C28H30Cl3N3O4S. The molecule has 0 spiro atoms. The molecule has 208 valence electrons. The Bertz CT molecular complexity index is 1390. The van der Waals surface area contributed by atoms with Crippen molar-refractivity contribution in [3.05, 3.63) is 93.4 Å². The molecule has 0 saturated carbocycles. The molecule has 2 amide bonds. The molecular weight excluding hydrogens is 581 g/mol. The van der Waals surface area contributed by atoms with E-state index >= 15 is 0 Å². The Morgan fingerprint density at radius 2 is 1.54 bits per heavy atom. The van der Waals surface area contributed by atoms with Crippen LogP contribution in [0.4, 0.5) is 5.69 Å². The SMILES string of the molecule is CCCNC(=O)[C@H](CC)N(Cc1ccc(Cl)cc1Cl)C(=O)CN(c1ccc(Cl)cc1)S(=O)(=O)c1ccccc1. The Morgan fingerprint density at radius 1 is 0.897 bits per heavy atom. The van der Waals surface area contributed by atoms with Crippen LogP contribution in [0.1, 0.15) is 32.3 Å². The molecule has 39 heavy (non-hydrogen) atoms. The van der Waals surface area contributed by atoms with Crippen LogP contribution in [0, 0.1) is 0 Å². The third kappa shape index (κ3) is 7.88. The molecule has 1 N–H and O–H groups in total. The van der Waals surface area contributed by atoms with Gasteiger partial charge in [0.2, 0.25) is 11.8 Å². The first-order chi connectivity index (χ1) is 18.6. The molecule has 0 heterocycles. The van der Waals surface area contributed by atoms with Gasteiger partial charge in [0.15, 0.2) is 0 Å². The summed E-state index contributed by atoms with van der Waals surface area (Å²) in [5.74, 6) is -0.907. The molecule has 0 aliphatic rings. The Morgan fingerprint density at radius 3 is 2.13 bits per heavy atom. The van der Waals surface area contributed by atoms with Gasteiger partial charge >= 0.3 is 0 Å². The van der Waals surface area contributed by atoms with E-state index in [-0.39, 0.29) is 23.0 Å². The molecule has 11 heteroatoms. The molecule has 0 saturated heterocycles. The summed E-state index contributed by atoms with van der Waals surface area (Å²) in [7, 11) is -4.15. The van der Waals surface area contributed by atoms with Crippen LogP contribution in [0.25, 0.3) is 0 Å². The van der Waals surface area contributed by atoms with E-state index in [1.807, 2.05) is 6.92 Å². The number of sulfonamides is 1. The molecule has 7 nitrogen and oxygen atoms in total. The summed E-state index contributed by atoms with van der Waals surface area (Å²) in [6.07, 6.45) is 1.03. The van der Waals surface area contributed by atoms with Gasteiger partial charge in [0.25, 0.3) is 10.0 Å². The second-order valence-corrected chi connectivity index (χ2v) is 11.9. The Kier molecular flexibility index (Phi) is 11.1. The van der Waals surface area contributed by atoms with E-state index in [1.54, 1.807) is 55.5 Å². The molecule has 0 radical (unpaired) electrons. The summed E-state index contributed by atoms with van der Waals surface area (Å²) in [6.45, 7) is 3.58. The summed E-state index contributed by atoms with van der Waals surface area (Å²) < 4.78 is 28.5. The third-order valence-corrected chi connectivity index (χ3v) is 8.64. The van der Waals surface area contributed by atoms with Crippen molar-refractivity contribution in [2.75, 3.05) is 17.4 Å². The van der Waals surface area contributed by atoms with Gasteiger partial charge in [-0.25, -0.2) is 8.42 Å². The van der Waals surface area contributed by atoms with Crippen LogP contribution >= 0.6 is 34.8 Å². The molecule has 1 atom stereocenters. The summed E-state index contributed by atoms with van der Waals surface area (Å²) in [4.78, 5) is 28.5. The quantitative estimate of drug-likeness (QED) is 0.266. The lowest BCUT2D eigenvalue weighted by Gasteiger charge is -2.33. The number of halogens is 3. The lowest BCUT2D eigenvalue weighted by atomic mass is 10.1. The van der Waals surface area contributed by atoms with Gasteiger partial charge in [-0.3, -0.25) is 13.9 Å². The van der Waals surface area contributed by atoms with E-state index in [9.17, 15) is 18.0 Å². The molecule has 0 bridgehead atoms. The molecule has 3 rings (SSSR count). The number of nitrogens with zero attached hydrogens (tertiary/aromatic N) is 2. The molecule has 0 unspecified atom stereocenters. The second-order valence-electron chi connectivity index (χ2n) is 8.77. The highest BCUT2D eigenvalue weighted by Crippen LogP contribution is 2.27. The molecule has 0 aromatic heterocycles. The molecule has 0 aliphatic carbocycles. The lowest BCUT2D eigenvalue weighted by Crippen LogP contribution is -2.52. The minimum atomic E-state index is -4.15. The van der Waals surface area contributed by atoms with Crippen LogP contribution in [0.2, 0.25) is 15.1 Å². The first kappa shape index (κ1) is 30.8. The summed E-state index contributed by atoms with van der Waals surface area (Å²) in [5, 5.41) is 4.02. The van der Waals surface area contributed by atoms with Crippen molar-refractivity contribution in [1.82, 2.24) is 10.2 Å². The van der Waals surface area contributed by atoms with Gasteiger partial charge in [-0.1, -0.05) is 72.9 Å². The van der Waals surface area contributed by atoms with Crippen molar-refractivity contribution in [2.45, 2.75) is 44.2 Å². The number of hydrogen-bond donors (Lipinski definition) is 1. The summed E-state index contributed by atoms with van der Waals surface area (Å²) in [5.41, 5.74) is 0.824. The van der Waals surface area contributed by atoms with Gasteiger partial charge in [0.1, 0.15) is 12.6 Å². The molecule has 0 aliphatic heterocycles. The maximum atomic E-state index is 14.0. The van der Waals surface area contributed by atoms with Crippen molar-refractivity contribution in [3.63, 3.8) is 0 Å². The summed E-state index contributed by atoms with van der Waals surface area (Å²) in [6, 6.07) is 18.0. The van der Waals surface area contributed by atoms with E-state index in [4.69, 9.17) is 34.8 Å². The van der Waals surface area contributed by atoms with Crippen LogP contribution < -0.4 is 9.62 Å². The lowest BCUT2D eigenvalue weighted by molar-refractivity contribution is -0.140. The zero-order valence-corrected chi connectivity index (χ0v) is 24.7. The van der Waals surface area contributed by atoms with Gasteiger partial charge in [0.05, 0.1) is 10.6 Å². The van der Waals surface area contributed by atoms with E-state index in [0.29, 0.717) is 33.6 Å². The van der Waals surface area contributed by atoms with Gasteiger partial charge in [-0.2, -0.15) is 0 Å². The number of anilines is 1. The van der Waals surface area contributed by atoms with Crippen LogP contribution in [0.3, 0.4) is 0 Å². The number of amides is 2. The van der Waals surface area contributed by atoms with E-state index < -0.39 is 28.5 Å². The molecule has 0 fully saturated rings. The van der Waals surface area contributed by atoms with Crippen molar-refractivity contribution in [3.8, 4) is 0 Å². The number of benzene rings is 3. The highest BCUT2D eigenvalue weighted by atomic mass is 35.5. The zero-order chi connectivity index (χ0) is 28.6. The van der Waals surface area contributed by atoms with Crippen LogP contribution in [0.15, 0.2) is 77.7 Å². The smallest absolute Gasteiger partial charge is 0.264 e. The van der Waals surface area contributed by atoms with Crippen LogP contribution in [-0.4, -0.2) is 44.3 Å². The number of carbonyl (C=O) groups is 2. The Hall–Kier alpha value is -2.78. The van der Waals surface area contributed by atoms with Crippen molar-refractivity contribution < 1.29 is 18.0 Å².